The first-order valence-electron chi connectivity index (χ1n) is 8.89. The number of fused-ring (bicyclic) bond motifs is 2. The lowest BCUT2D eigenvalue weighted by molar-refractivity contribution is -0.148. The van der Waals surface area contributed by atoms with E-state index in [4.69, 9.17) is 9.47 Å². The Kier molecular flexibility index (Phi) is 5.00. The van der Waals surface area contributed by atoms with Crippen LogP contribution in [0.2, 0.25) is 0 Å². The highest BCUT2D eigenvalue weighted by Gasteiger charge is 2.53. The third-order valence-corrected chi connectivity index (χ3v) is 6.01. The van der Waals surface area contributed by atoms with Crippen molar-refractivity contribution in [2.45, 2.75) is 26.9 Å². The number of hydrogen-bond donors (Lipinski definition) is 1. The van der Waals surface area contributed by atoms with Crippen LogP contribution in [-0.2, 0) is 9.47 Å². The number of ether oxygens (including phenoxy) is 2. The molecule has 134 valence electrons. The van der Waals surface area contributed by atoms with Gasteiger partial charge in [-0.3, -0.25) is 5.32 Å². The molecule has 3 rings (SSSR count). The van der Waals surface area contributed by atoms with E-state index in [0.29, 0.717) is 25.0 Å². The molecule has 1 aromatic rings. The SMILES string of the molecule is C=CC1OC[C@@]2(COC(=O)Nc3ccccc3)C(C)C=C(C)C1[C@H]2C. The van der Waals surface area contributed by atoms with Crippen LogP contribution in [0.5, 0.6) is 0 Å². The van der Waals surface area contributed by atoms with Crippen molar-refractivity contribution in [1.29, 1.82) is 0 Å². The van der Waals surface area contributed by atoms with Crippen LogP contribution in [0.15, 0.2) is 54.6 Å². The maximum atomic E-state index is 12.2. The van der Waals surface area contributed by atoms with Gasteiger partial charge in [0.05, 0.1) is 12.7 Å². The Morgan fingerprint density at radius 3 is 2.80 bits per heavy atom. The molecule has 4 nitrogen and oxygen atoms in total. The van der Waals surface area contributed by atoms with E-state index in [2.05, 4.69) is 38.7 Å². The Hall–Kier alpha value is -2.07. The van der Waals surface area contributed by atoms with Gasteiger partial charge >= 0.3 is 6.09 Å². The van der Waals surface area contributed by atoms with Crippen LogP contribution >= 0.6 is 0 Å². The minimum atomic E-state index is -0.423. The number of anilines is 1. The molecule has 1 amide bonds. The molecular formula is C21H27NO3. The molecule has 0 saturated carbocycles. The highest BCUT2D eigenvalue weighted by Crippen LogP contribution is 2.52. The number of carbonyl (C=O) groups excluding carboxylic acids is 1. The van der Waals surface area contributed by atoms with Crippen molar-refractivity contribution in [3.63, 3.8) is 0 Å². The Bertz CT molecular complexity index is 669. The van der Waals surface area contributed by atoms with E-state index >= 15 is 0 Å². The molecule has 1 aliphatic heterocycles. The smallest absolute Gasteiger partial charge is 0.411 e. The number of para-hydroxylation sites is 1. The minimum Gasteiger partial charge on any atom is -0.449 e. The van der Waals surface area contributed by atoms with Gasteiger partial charge in [-0.05, 0) is 30.9 Å². The zero-order valence-corrected chi connectivity index (χ0v) is 15.2. The number of allylic oxidation sites excluding steroid dienone is 1. The van der Waals surface area contributed by atoms with Gasteiger partial charge < -0.3 is 9.47 Å². The molecule has 25 heavy (non-hydrogen) atoms. The molecule has 1 saturated heterocycles. The van der Waals surface area contributed by atoms with Crippen LogP contribution in [-0.4, -0.2) is 25.4 Å². The number of carbonyl (C=O) groups is 1. The van der Waals surface area contributed by atoms with Crippen LogP contribution in [0.3, 0.4) is 0 Å². The molecule has 1 fully saturated rings. The summed E-state index contributed by atoms with van der Waals surface area (Å²) < 4.78 is 11.7. The fraction of sp³-hybridized carbons (Fsp3) is 0.476. The summed E-state index contributed by atoms with van der Waals surface area (Å²) >= 11 is 0. The van der Waals surface area contributed by atoms with E-state index in [0.717, 1.165) is 5.69 Å². The van der Waals surface area contributed by atoms with Gasteiger partial charge in [0.15, 0.2) is 0 Å². The highest BCUT2D eigenvalue weighted by atomic mass is 16.6. The van der Waals surface area contributed by atoms with Crippen LogP contribution in [0, 0.1) is 23.2 Å². The fourth-order valence-corrected chi connectivity index (χ4v) is 4.39. The Labute approximate surface area is 149 Å². The maximum absolute atomic E-state index is 12.2. The van der Waals surface area contributed by atoms with Gasteiger partial charge in [-0.25, -0.2) is 4.79 Å². The molecule has 3 unspecified atom stereocenters. The molecular weight excluding hydrogens is 314 g/mol. The molecule has 1 N–H and O–H groups in total. The normalized spacial score (nSPS) is 34.0. The summed E-state index contributed by atoms with van der Waals surface area (Å²) in [7, 11) is 0. The maximum Gasteiger partial charge on any atom is 0.411 e. The van der Waals surface area contributed by atoms with Crippen molar-refractivity contribution < 1.29 is 14.3 Å². The van der Waals surface area contributed by atoms with E-state index in [1.807, 2.05) is 36.4 Å². The van der Waals surface area contributed by atoms with E-state index < -0.39 is 6.09 Å². The number of amides is 1. The van der Waals surface area contributed by atoms with Gasteiger partial charge in [-0.1, -0.05) is 49.8 Å². The molecule has 0 radical (unpaired) electrons. The predicted octanol–water partition coefficient (Wildman–Crippen LogP) is 4.65. The van der Waals surface area contributed by atoms with E-state index in [1.165, 1.54) is 5.57 Å². The Morgan fingerprint density at radius 1 is 1.40 bits per heavy atom. The second-order valence-electron chi connectivity index (χ2n) is 7.33. The topological polar surface area (TPSA) is 47.6 Å². The average Bonchev–Trinajstić information content (AvgIpc) is 2.59. The summed E-state index contributed by atoms with van der Waals surface area (Å²) in [4.78, 5) is 12.2. The molecule has 1 aromatic carbocycles. The zero-order valence-electron chi connectivity index (χ0n) is 15.2. The Balaban J connectivity index is 1.72. The number of nitrogens with one attached hydrogen (secondary N) is 1. The molecule has 2 aliphatic rings. The van der Waals surface area contributed by atoms with E-state index in [1.54, 1.807) is 0 Å². The van der Waals surface area contributed by atoms with Crippen molar-refractivity contribution in [2.24, 2.45) is 23.2 Å². The van der Waals surface area contributed by atoms with Gasteiger partial charge in [0.2, 0.25) is 0 Å². The first kappa shape index (κ1) is 17.7. The van der Waals surface area contributed by atoms with Crippen molar-refractivity contribution in [1.82, 2.24) is 0 Å². The molecule has 0 aromatic heterocycles. The van der Waals surface area contributed by atoms with Crippen molar-refractivity contribution in [2.75, 3.05) is 18.5 Å². The Morgan fingerprint density at radius 2 is 2.12 bits per heavy atom. The van der Waals surface area contributed by atoms with E-state index in [9.17, 15) is 4.79 Å². The molecule has 1 heterocycles. The summed E-state index contributed by atoms with van der Waals surface area (Å²) in [6.45, 7) is 11.4. The minimum absolute atomic E-state index is 0.0324. The third-order valence-electron chi connectivity index (χ3n) is 6.01. The second-order valence-corrected chi connectivity index (χ2v) is 7.33. The summed E-state index contributed by atoms with van der Waals surface area (Å²) in [5, 5.41) is 2.78. The lowest BCUT2D eigenvalue weighted by Crippen LogP contribution is -2.56. The third kappa shape index (κ3) is 3.23. The van der Waals surface area contributed by atoms with Crippen LogP contribution in [0.1, 0.15) is 20.8 Å². The summed E-state index contributed by atoms with van der Waals surface area (Å²) in [5.74, 6) is 0.936. The van der Waals surface area contributed by atoms with Gasteiger partial charge in [0, 0.05) is 17.0 Å². The van der Waals surface area contributed by atoms with Crippen molar-refractivity contribution in [3.05, 3.63) is 54.6 Å². The molecule has 4 heteroatoms. The molecule has 1 aliphatic carbocycles. The zero-order chi connectivity index (χ0) is 18.0. The van der Waals surface area contributed by atoms with Crippen LogP contribution < -0.4 is 5.32 Å². The van der Waals surface area contributed by atoms with Gasteiger partial charge in [0.1, 0.15) is 6.61 Å². The predicted molar refractivity (Wildman–Crippen MR) is 99.4 cm³/mol. The molecule has 2 bridgehead atoms. The first-order chi connectivity index (χ1) is 12.0. The monoisotopic (exact) mass is 341 g/mol. The van der Waals surface area contributed by atoms with Gasteiger partial charge in [-0.2, -0.15) is 0 Å². The average molecular weight is 341 g/mol. The fourth-order valence-electron chi connectivity index (χ4n) is 4.39. The molecule has 0 spiro atoms. The first-order valence-corrected chi connectivity index (χ1v) is 8.89. The lowest BCUT2D eigenvalue weighted by Gasteiger charge is -2.54. The van der Waals surface area contributed by atoms with Crippen molar-refractivity contribution >= 4 is 11.8 Å². The summed E-state index contributed by atoms with van der Waals surface area (Å²) in [6, 6.07) is 9.34. The number of rotatable bonds is 4. The highest BCUT2D eigenvalue weighted by molar-refractivity contribution is 5.84. The summed E-state index contributed by atoms with van der Waals surface area (Å²) in [6.07, 6.45) is 3.81. The van der Waals surface area contributed by atoms with Crippen LogP contribution in [0.4, 0.5) is 10.5 Å². The number of benzene rings is 1. The standard InChI is InChI=1S/C21H27NO3/c1-5-18-19-14(2)11-15(3)21(12-24-18,16(19)4)13-25-20(23)22-17-9-7-6-8-10-17/h5-11,15-16,18-19H,1,12-13H2,2-4H3,(H,22,23)/t15?,16-,18?,19?,21-/m1/s1. The van der Waals surface area contributed by atoms with Crippen LogP contribution in [0.25, 0.3) is 0 Å². The molecule has 5 atom stereocenters. The van der Waals surface area contributed by atoms with Crippen molar-refractivity contribution in [3.8, 4) is 0 Å². The number of hydrogen-bond acceptors (Lipinski definition) is 3. The lowest BCUT2D eigenvalue weighted by atomic mass is 9.56. The van der Waals surface area contributed by atoms with E-state index in [-0.39, 0.29) is 17.4 Å². The quantitative estimate of drug-likeness (QED) is 0.811. The second kappa shape index (κ2) is 7.04. The van der Waals surface area contributed by atoms with Gasteiger partial charge in [0.25, 0.3) is 0 Å². The largest absolute Gasteiger partial charge is 0.449 e. The summed E-state index contributed by atoms with van der Waals surface area (Å²) in [5.41, 5.74) is 1.88. The van der Waals surface area contributed by atoms with Gasteiger partial charge in [-0.15, -0.1) is 6.58 Å².